The number of fused-ring (bicyclic) bond motifs is 1. The zero-order valence-corrected chi connectivity index (χ0v) is 10.1. The molecule has 2 rings (SSSR count). The predicted octanol–water partition coefficient (Wildman–Crippen LogP) is 3.07. The Morgan fingerprint density at radius 1 is 1.13 bits per heavy atom. The van der Waals surface area contributed by atoms with Gasteiger partial charge in [0.1, 0.15) is 0 Å². The molecular weight excluding hydrogens is 303 g/mol. The Morgan fingerprint density at radius 2 is 1.80 bits per heavy atom. The number of carboxylic acid groups (broad SMARTS) is 1. The number of aliphatic carboxylic acids is 1. The predicted molar refractivity (Wildman–Crippen MR) is 68.0 cm³/mol. The second-order valence-corrected chi connectivity index (χ2v) is 4.48. The van der Waals surface area contributed by atoms with E-state index in [4.69, 9.17) is 5.11 Å². The number of rotatable bonds is 2. The summed E-state index contributed by atoms with van der Waals surface area (Å²) in [5.41, 5.74) is 0.874. The Labute approximate surface area is 101 Å². The molecule has 3 heteroatoms. The van der Waals surface area contributed by atoms with Crippen molar-refractivity contribution in [2.24, 2.45) is 0 Å². The van der Waals surface area contributed by atoms with Gasteiger partial charge in [0.2, 0.25) is 0 Å². The van der Waals surface area contributed by atoms with Gasteiger partial charge in [0.15, 0.2) is 0 Å². The molecule has 15 heavy (non-hydrogen) atoms. The molecule has 1 N–H and O–H groups in total. The van der Waals surface area contributed by atoms with Crippen molar-refractivity contribution >= 4 is 39.3 Å². The van der Waals surface area contributed by atoms with E-state index in [9.17, 15) is 4.79 Å². The summed E-state index contributed by atoms with van der Waals surface area (Å²) >= 11 is 2.26. The topological polar surface area (TPSA) is 37.3 Å². The Kier molecular flexibility index (Phi) is 2.90. The van der Waals surface area contributed by atoms with Crippen LogP contribution >= 0.6 is 22.6 Å². The number of hydrogen-bond acceptors (Lipinski definition) is 1. The van der Waals surface area contributed by atoms with Gasteiger partial charge in [-0.3, -0.25) is 4.79 Å². The van der Waals surface area contributed by atoms with Crippen molar-refractivity contribution in [3.63, 3.8) is 0 Å². The largest absolute Gasteiger partial charge is 0.481 e. The third-order valence-corrected chi connectivity index (χ3v) is 3.24. The summed E-state index contributed by atoms with van der Waals surface area (Å²) in [5.74, 6) is -0.790. The summed E-state index contributed by atoms with van der Waals surface area (Å²) in [6, 6.07) is 11.7. The first-order chi connectivity index (χ1) is 7.18. The highest BCUT2D eigenvalue weighted by atomic mass is 127. The minimum absolute atomic E-state index is 0.0808. The number of hydrogen-bond donors (Lipinski definition) is 1. The van der Waals surface area contributed by atoms with Crippen molar-refractivity contribution in [1.29, 1.82) is 0 Å². The van der Waals surface area contributed by atoms with Crippen LogP contribution in [0.5, 0.6) is 0 Å². The third kappa shape index (κ3) is 2.12. The van der Waals surface area contributed by atoms with Crippen LogP contribution in [-0.2, 0) is 11.2 Å². The van der Waals surface area contributed by atoms with E-state index >= 15 is 0 Å². The van der Waals surface area contributed by atoms with Crippen LogP contribution in [0, 0.1) is 3.57 Å². The molecule has 0 bridgehead atoms. The van der Waals surface area contributed by atoms with Crippen LogP contribution in [0.1, 0.15) is 5.56 Å². The number of halogens is 1. The van der Waals surface area contributed by atoms with Gasteiger partial charge >= 0.3 is 5.97 Å². The molecule has 0 fully saturated rings. The second-order valence-electron chi connectivity index (χ2n) is 3.32. The van der Waals surface area contributed by atoms with Crippen molar-refractivity contribution in [3.8, 4) is 0 Å². The molecule has 0 radical (unpaired) electrons. The lowest BCUT2D eigenvalue weighted by atomic mass is 10.0. The monoisotopic (exact) mass is 312 g/mol. The molecule has 2 aromatic carbocycles. The SMILES string of the molecule is O=C(O)Cc1ccc(I)c2ccccc12. The van der Waals surface area contributed by atoms with Gasteiger partial charge in [-0.15, -0.1) is 0 Å². The lowest BCUT2D eigenvalue weighted by Crippen LogP contribution is -2.00. The van der Waals surface area contributed by atoms with Crippen molar-refractivity contribution in [2.75, 3.05) is 0 Å². The second kappa shape index (κ2) is 4.18. The Hall–Kier alpha value is -1.10. The minimum atomic E-state index is -0.790. The minimum Gasteiger partial charge on any atom is -0.481 e. The van der Waals surface area contributed by atoms with Gasteiger partial charge in [-0.05, 0) is 45.0 Å². The van der Waals surface area contributed by atoms with E-state index in [1.807, 2.05) is 36.4 Å². The molecule has 0 atom stereocenters. The quantitative estimate of drug-likeness (QED) is 0.865. The van der Waals surface area contributed by atoms with Gasteiger partial charge in [0.25, 0.3) is 0 Å². The molecule has 76 valence electrons. The molecule has 0 aliphatic heterocycles. The van der Waals surface area contributed by atoms with Crippen molar-refractivity contribution in [1.82, 2.24) is 0 Å². The lowest BCUT2D eigenvalue weighted by Gasteiger charge is -2.05. The fraction of sp³-hybridized carbons (Fsp3) is 0.0833. The molecule has 2 nitrogen and oxygen atoms in total. The highest BCUT2D eigenvalue weighted by Gasteiger charge is 2.06. The molecule has 0 spiro atoms. The van der Waals surface area contributed by atoms with E-state index in [1.165, 1.54) is 0 Å². The van der Waals surface area contributed by atoms with Crippen molar-refractivity contribution in [3.05, 3.63) is 45.5 Å². The Bertz CT molecular complexity index is 520. The van der Waals surface area contributed by atoms with Gasteiger partial charge in [-0.25, -0.2) is 0 Å². The number of carbonyl (C=O) groups is 1. The Morgan fingerprint density at radius 3 is 2.47 bits per heavy atom. The van der Waals surface area contributed by atoms with Gasteiger partial charge < -0.3 is 5.11 Å². The first kappa shape index (κ1) is 10.4. The van der Waals surface area contributed by atoms with Crippen LogP contribution in [0.3, 0.4) is 0 Å². The smallest absolute Gasteiger partial charge is 0.307 e. The highest BCUT2D eigenvalue weighted by molar-refractivity contribution is 14.1. The zero-order chi connectivity index (χ0) is 10.8. The summed E-state index contributed by atoms with van der Waals surface area (Å²) in [4.78, 5) is 10.7. The molecule has 0 unspecified atom stereocenters. The highest BCUT2D eigenvalue weighted by Crippen LogP contribution is 2.24. The van der Waals surface area contributed by atoms with E-state index in [-0.39, 0.29) is 6.42 Å². The van der Waals surface area contributed by atoms with Crippen LogP contribution in [0.25, 0.3) is 10.8 Å². The summed E-state index contributed by atoms with van der Waals surface area (Å²) in [5, 5.41) is 10.9. The molecule has 0 heterocycles. The number of benzene rings is 2. The molecular formula is C12H9IO2. The summed E-state index contributed by atoms with van der Waals surface area (Å²) < 4.78 is 1.15. The molecule has 0 aliphatic carbocycles. The Balaban J connectivity index is 2.66. The van der Waals surface area contributed by atoms with Gasteiger partial charge in [0.05, 0.1) is 6.42 Å². The van der Waals surface area contributed by atoms with E-state index in [0.717, 1.165) is 19.9 Å². The fourth-order valence-corrected chi connectivity index (χ4v) is 2.29. The fourth-order valence-electron chi connectivity index (χ4n) is 1.64. The molecule has 0 saturated carbocycles. The third-order valence-electron chi connectivity index (χ3n) is 2.30. The van der Waals surface area contributed by atoms with Gasteiger partial charge in [0, 0.05) is 3.57 Å². The molecule has 0 saturated heterocycles. The standard InChI is InChI=1S/C12H9IO2/c13-11-6-5-8(7-12(14)15)9-3-1-2-4-10(9)11/h1-6H,7H2,(H,14,15). The van der Waals surface area contributed by atoms with Crippen molar-refractivity contribution < 1.29 is 9.90 Å². The molecule has 0 aliphatic rings. The summed E-state index contributed by atoms with van der Waals surface area (Å²) in [6.45, 7) is 0. The van der Waals surface area contributed by atoms with E-state index in [2.05, 4.69) is 22.6 Å². The molecule has 0 aromatic heterocycles. The maximum Gasteiger partial charge on any atom is 0.307 e. The van der Waals surface area contributed by atoms with Crippen molar-refractivity contribution in [2.45, 2.75) is 6.42 Å². The zero-order valence-electron chi connectivity index (χ0n) is 7.90. The van der Waals surface area contributed by atoms with Crippen LogP contribution in [0.2, 0.25) is 0 Å². The summed E-state index contributed by atoms with van der Waals surface area (Å²) in [6.07, 6.45) is 0.0808. The average molecular weight is 312 g/mol. The summed E-state index contributed by atoms with van der Waals surface area (Å²) in [7, 11) is 0. The first-order valence-corrected chi connectivity index (χ1v) is 5.64. The van der Waals surface area contributed by atoms with Gasteiger partial charge in [-0.1, -0.05) is 30.3 Å². The van der Waals surface area contributed by atoms with E-state index in [0.29, 0.717) is 0 Å². The van der Waals surface area contributed by atoms with Crippen LogP contribution in [-0.4, -0.2) is 11.1 Å². The maximum absolute atomic E-state index is 10.7. The van der Waals surface area contributed by atoms with Crippen LogP contribution < -0.4 is 0 Å². The van der Waals surface area contributed by atoms with Crippen LogP contribution in [0.15, 0.2) is 36.4 Å². The van der Waals surface area contributed by atoms with Crippen LogP contribution in [0.4, 0.5) is 0 Å². The number of carboxylic acids is 1. The normalized spacial score (nSPS) is 10.5. The van der Waals surface area contributed by atoms with E-state index < -0.39 is 5.97 Å². The first-order valence-electron chi connectivity index (χ1n) is 4.56. The van der Waals surface area contributed by atoms with E-state index in [1.54, 1.807) is 0 Å². The molecule has 0 amide bonds. The lowest BCUT2D eigenvalue weighted by molar-refractivity contribution is -0.136. The average Bonchev–Trinajstić information content (AvgIpc) is 2.22. The molecule has 2 aromatic rings. The maximum atomic E-state index is 10.7. The van der Waals surface area contributed by atoms with Gasteiger partial charge in [-0.2, -0.15) is 0 Å².